The van der Waals surface area contributed by atoms with Gasteiger partial charge in [-0.3, -0.25) is 9.59 Å². The summed E-state index contributed by atoms with van der Waals surface area (Å²) in [6.45, 7) is 0. The molecule has 28 heavy (non-hydrogen) atoms. The van der Waals surface area contributed by atoms with Crippen molar-refractivity contribution in [3.63, 3.8) is 0 Å². The van der Waals surface area contributed by atoms with Crippen LogP contribution in [0.15, 0.2) is 81.4 Å². The fraction of sp³-hybridized carbons (Fsp3) is 0.292. The maximum Gasteiger partial charge on any atom is 0.196 e. The number of carbonyl (C=O) groups is 2. The molecule has 0 amide bonds. The highest BCUT2D eigenvalue weighted by Crippen LogP contribution is 2.54. The molecule has 1 heterocycles. The van der Waals surface area contributed by atoms with Gasteiger partial charge in [0.05, 0.1) is 4.91 Å². The van der Waals surface area contributed by atoms with Crippen LogP contribution >= 0.6 is 11.8 Å². The maximum absolute atomic E-state index is 13.5. The number of pyridine rings is 1. The van der Waals surface area contributed by atoms with Gasteiger partial charge in [0.15, 0.2) is 11.6 Å². The summed E-state index contributed by atoms with van der Waals surface area (Å²) < 4.78 is 0. The van der Waals surface area contributed by atoms with Crippen LogP contribution in [-0.2, 0) is 16.0 Å². The number of hydrogen-bond acceptors (Lipinski definition) is 4. The molecule has 0 N–H and O–H groups in total. The third kappa shape index (κ3) is 2.96. The molecule has 140 valence electrons. The predicted molar refractivity (Wildman–Crippen MR) is 110 cm³/mol. The molecule has 3 aliphatic rings. The highest BCUT2D eigenvalue weighted by atomic mass is 32.2. The van der Waals surface area contributed by atoms with Gasteiger partial charge < -0.3 is 0 Å². The SMILES string of the molecule is O=C1C(CCc2ccccc2)=C(Sc2ccccn2)C(=O)C2=C1C1CCC2C1. The van der Waals surface area contributed by atoms with Gasteiger partial charge in [-0.05, 0) is 61.6 Å². The van der Waals surface area contributed by atoms with E-state index in [2.05, 4.69) is 17.1 Å². The summed E-state index contributed by atoms with van der Waals surface area (Å²) in [6, 6.07) is 15.8. The van der Waals surface area contributed by atoms with Crippen molar-refractivity contribution in [2.45, 2.75) is 37.1 Å². The number of Topliss-reactive ketones (excluding diaryl/α,β-unsaturated/α-hetero) is 2. The lowest BCUT2D eigenvalue weighted by Crippen LogP contribution is -2.27. The van der Waals surface area contributed by atoms with Gasteiger partial charge in [-0.25, -0.2) is 4.98 Å². The van der Waals surface area contributed by atoms with E-state index < -0.39 is 0 Å². The zero-order valence-corrected chi connectivity index (χ0v) is 16.4. The van der Waals surface area contributed by atoms with Gasteiger partial charge in [-0.15, -0.1) is 0 Å². The van der Waals surface area contributed by atoms with Gasteiger partial charge in [0.1, 0.15) is 5.03 Å². The number of rotatable bonds is 5. The molecule has 3 aliphatic carbocycles. The Bertz CT molecular complexity index is 1010. The van der Waals surface area contributed by atoms with Gasteiger partial charge in [0, 0.05) is 22.9 Å². The second kappa shape index (κ2) is 7.17. The van der Waals surface area contributed by atoms with E-state index in [1.165, 1.54) is 17.3 Å². The average molecular weight is 388 g/mol. The number of carbonyl (C=O) groups excluding carboxylic acids is 2. The smallest absolute Gasteiger partial charge is 0.196 e. The molecule has 0 radical (unpaired) electrons. The summed E-state index contributed by atoms with van der Waals surface area (Å²) in [5.41, 5.74) is 3.54. The van der Waals surface area contributed by atoms with Crippen molar-refractivity contribution in [3.8, 4) is 0 Å². The summed E-state index contributed by atoms with van der Waals surface area (Å²) in [4.78, 5) is 31.9. The Labute approximate surface area is 169 Å². The minimum atomic E-state index is 0.0838. The molecule has 1 fully saturated rings. The first-order chi connectivity index (χ1) is 13.7. The van der Waals surface area contributed by atoms with Crippen LogP contribution in [0.5, 0.6) is 0 Å². The number of aromatic nitrogens is 1. The molecule has 1 saturated carbocycles. The molecule has 3 nitrogen and oxygen atoms in total. The van der Waals surface area contributed by atoms with Gasteiger partial charge in [0.2, 0.25) is 0 Å². The first-order valence-electron chi connectivity index (χ1n) is 9.92. The molecular weight excluding hydrogens is 366 g/mol. The topological polar surface area (TPSA) is 47.0 Å². The molecular formula is C24H21NO2S. The lowest BCUT2D eigenvalue weighted by atomic mass is 9.79. The van der Waals surface area contributed by atoms with Crippen LogP contribution in [0.1, 0.15) is 31.2 Å². The van der Waals surface area contributed by atoms with Crippen LogP contribution in [0.4, 0.5) is 0 Å². The van der Waals surface area contributed by atoms with Crippen molar-refractivity contribution in [2.24, 2.45) is 11.8 Å². The van der Waals surface area contributed by atoms with E-state index >= 15 is 0 Å². The van der Waals surface area contributed by atoms with Crippen molar-refractivity contribution >= 4 is 23.3 Å². The monoisotopic (exact) mass is 387 g/mol. The van der Waals surface area contributed by atoms with E-state index in [0.717, 1.165) is 41.9 Å². The van der Waals surface area contributed by atoms with Crippen LogP contribution in [-0.4, -0.2) is 16.6 Å². The second-order valence-corrected chi connectivity index (χ2v) is 8.79. The fourth-order valence-electron chi connectivity index (χ4n) is 4.85. The van der Waals surface area contributed by atoms with E-state index in [1.807, 2.05) is 36.4 Å². The number of allylic oxidation sites excluding steroid dienone is 4. The number of ketones is 2. The van der Waals surface area contributed by atoms with Crippen LogP contribution in [0, 0.1) is 11.8 Å². The fourth-order valence-corrected chi connectivity index (χ4v) is 5.84. The molecule has 2 unspecified atom stereocenters. The van der Waals surface area contributed by atoms with Crippen molar-refractivity contribution in [1.29, 1.82) is 0 Å². The first-order valence-corrected chi connectivity index (χ1v) is 10.7. The molecule has 0 aliphatic heterocycles. The van der Waals surface area contributed by atoms with E-state index in [9.17, 15) is 9.59 Å². The molecule has 1 aromatic carbocycles. The minimum absolute atomic E-state index is 0.0838. The highest BCUT2D eigenvalue weighted by molar-refractivity contribution is 8.04. The Hall–Kier alpha value is -2.46. The molecule has 4 heteroatoms. The lowest BCUT2D eigenvalue weighted by Gasteiger charge is -2.26. The number of benzene rings is 1. The number of thioether (sulfide) groups is 1. The third-order valence-corrected chi connectivity index (χ3v) is 7.22. The van der Waals surface area contributed by atoms with Gasteiger partial charge in [-0.1, -0.05) is 48.2 Å². The molecule has 0 spiro atoms. The summed E-state index contributed by atoms with van der Waals surface area (Å²) in [7, 11) is 0. The van der Waals surface area contributed by atoms with Gasteiger partial charge in [0.25, 0.3) is 0 Å². The van der Waals surface area contributed by atoms with Crippen molar-refractivity contribution in [2.75, 3.05) is 0 Å². The van der Waals surface area contributed by atoms with E-state index in [-0.39, 0.29) is 17.5 Å². The molecule has 2 atom stereocenters. The molecule has 2 bridgehead atoms. The quantitative estimate of drug-likeness (QED) is 0.682. The number of aryl methyl sites for hydroxylation is 1. The summed E-state index contributed by atoms with van der Waals surface area (Å²) >= 11 is 1.36. The van der Waals surface area contributed by atoms with Crippen LogP contribution in [0.3, 0.4) is 0 Å². The van der Waals surface area contributed by atoms with Crippen LogP contribution in [0.25, 0.3) is 0 Å². The molecule has 0 saturated heterocycles. The number of fused-ring (bicyclic) bond motifs is 4. The number of hydrogen-bond donors (Lipinski definition) is 0. The zero-order valence-electron chi connectivity index (χ0n) is 15.6. The predicted octanol–water partition coefficient (Wildman–Crippen LogP) is 4.94. The first kappa shape index (κ1) is 17.6. The highest BCUT2D eigenvalue weighted by Gasteiger charge is 2.48. The Morgan fingerprint density at radius 1 is 0.857 bits per heavy atom. The molecule has 1 aromatic heterocycles. The second-order valence-electron chi connectivity index (χ2n) is 7.76. The van der Waals surface area contributed by atoms with Crippen LogP contribution < -0.4 is 0 Å². The maximum atomic E-state index is 13.5. The Balaban J connectivity index is 1.52. The van der Waals surface area contributed by atoms with E-state index in [0.29, 0.717) is 22.8 Å². The third-order valence-electron chi connectivity index (χ3n) is 6.13. The Morgan fingerprint density at radius 2 is 1.57 bits per heavy atom. The van der Waals surface area contributed by atoms with Crippen molar-refractivity contribution in [3.05, 3.63) is 81.9 Å². The standard InChI is InChI=1S/C24H21NO2S/c26-22-18(12-9-15-6-2-1-3-7-15)24(28-19-8-4-5-13-25-19)23(27)21-17-11-10-16(14-17)20(21)22/h1-8,13,16-17H,9-12,14H2. The Morgan fingerprint density at radius 3 is 2.29 bits per heavy atom. The van der Waals surface area contributed by atoms with E-state index in [4.69, 9.17) is 0 Å². The van der Waals surface area contributed by atoms with Crippen molar-refractivity contribution in [1.82, 2.24) is 4.98 Å². The minimum Gasteiger partial charge on any atom is -0.289 e. The van der Waals surface area contributed by atoms with Gasteiger partial charge in [-0.2, -0.15) is 0 Å². The molecule has 5 rings (SSSR count). The normalized spacial score (nSPS) is 23.6. The largest absolute Gasteiger partial charge is 0.289 e. The van der Waals surface area contributed by atoms with E-state index in [1.54, 1.807) is 6.20 Å². The van der Waals surface area contributed by atoms with Crippen molar-refractivity contribution < 1.29 is 9.59 Å². The van der Waals surface area contributed by atoms with Crippen LogP contribution in [0.2, 0.25) is 0 Å². The van der Waals surface area contributed by atoms with Gasteiger partial charge >= 0.3 is 0 Å². The molecule has 2 aromatic rings. The summed E-state index contributed by atoms with van der Waals surface area (Å²) in [5, 5.41) is 0.767. The number of nitrogens with zero attached hydrogens (tertiary/aromatic N) is 1. The lowest BCUT2D eigenvalue weighted by molar-refractivity contribution is -0.116. The summed E-state index contributed by atoms with van der Waals surface area (Å²) in [5.74, 6) is 0.785. The Kier molecular flexibility index (Phi) is 4.52. The zero-order chi connectivity index (χ0) is 19.1. The summed E-state index contributed by atoms with van der Waals surface area (Å²) in [6.07, 6.45) is 6.16. The average Bonchev–Trinajstić information content (AvgIpc) is 3.35.